The molecule has 9 nitrogen and oxygen atoms in total. The van der Waals surface area contributed by atoms with E-state index in [4.69, 9.17) is 21.3 Å². The Kier molecular flexibility index (Phi) is 8.12. The number of rotatable bonds is 8. The minimum Gasteiger partial charge on any atom is -0.491 e. The topological polar surface area (TPSA) is 135 Å². The monoisotopic (exact) mass is 557 g/mol. The lowest BCUT2D eigenvalue weighted by atomic mass is 9.73. The molecular formula is C27H35N5O4S2. The summed E-state index contributed by atoms with van der Waals surface area (Å²) >= 11 is 1.46. The van der Waals surface area contributed by atoms with Crippen molar-refractivity contribution in [3.05, 3.63) is 63.1 Å². The quantitative estimate of drug-likeness (QED) is 0.213. The third kappa shape index (κ3) is 5.15. The number of aliphatic carboxylic acids is 1. The van der Waals surface area contributed by atoms with Gasteiger partial charge in [0.1, 0.15) is 28.3 Å². The molecule has 0 saturated heterocycles. The van der Waals surface area contributed by atoms with Crippen molar-refractivity contribution >= 4 is 39.7 Å². The molecule has 1 aromatic heterocycles. The zero-order valence-electron chi connectivity index (χ0n) is 22.4. The number of nitrogens with two attached hydrogens (primary N) is 2. The van der Waals surface area contributed by atoms with E-state index in [0.717, 1.165) is 21.7 Å². The first-order valence-electron chi connectivity index (χ1n) is 12.5. The van der Waals surface area contributed by atoms with E-state index in [1.54, 1.807) is 18.9 Å². The Morgan fingerprint density at radius 3 is 2.68 bits per heavy atom. The molecule has 2 unspecified atom stereocenters. The number of hydrogen-bond acceptors (Lipinski definition) is 8. The number of carboxylic acids is 1. The van der Waals surface area contributed by atoms with Crippen LogP contribution in [0.5, 0.6) is 5.75 Å². The molecule has 1 aliphatic rings. The molecule has 0 amide bonds. The van der Waals surface area contributed by atoms with E-state index < -0.39 is 28.3 Å². The van der Waals surface area contributed by atoms with Gasteiger partial charge >= 0.3 is 5.97 Å². The predicted octanol–water partition coefficient (Wildman–Crippen LogP) is 4.20. The number of hydrazine groups is 1. The van der Waals surface area contributed by atoms with Gasteiger partial charge in [0.25, 0.3) is 0 Å². The molecule has 0 spiro atoms. The molecule has 3 aromatic rings. The predicted molar refractivity (Wildman–Crippen MR) is 152 cm³/mol. The van der Waals surface area contributed by atoms with E-state index in [1.807, 2.05) is 61.5 Å². The number of nitrogen functional groups attached to an aromatic ring is 1. The fourth-order valence-corrected chi connectivity index (χ4v) is 7.13. The summed E-state index contributed by atoms with van der Waals surface area (Å²) in [6, 6.07) is 11.1. The third-order valence-electron chi connectivity index (χ3n) is 7.12. The van der Waals surface area contributed by atoms with Crippen LogP contribution in [0.3, 0.4) is 0 Å². The third-order valence-corrected chi connectivity index (χ3v) is 9.69. The SMILES string of the molecule is CCN(N)c1ccc(C(c2nc(CN3CCOc4ccccc4S3=O)c(C)s2)C(C)(C)C(=O)O)c(C)c1N. The number of hydrogen-bond donors (Lipinski definition) is 3. The molecule has 2 atom stereocenters. The fraction of sp³-hybridized carbons (Fsp3) is 0.407. The first kappa shape index (κ1) is 28.0. The highest BCUT2D eigenvalue weighted by Crippen LogP contribution is 2.46. The summed E-state index contributed by atoms with van der Waals surface area (Å²) in [6.45, 7) is 11.0. The van der Waals surface area contributed by atoms with Gasteiger partial charge in [0, 0.05) is 18.0 Å². The largest absolute Gasteiger partial charge is 0.491 e. The van der Waals surface area contributed by atoms with Gasteiger partial charge in [-0.3, -0.25) is 4.79 Å². The van der Waals surface area contributed by atoms with Crippen molar-refractivity contribution in [2.24, 2.45) is 11.3 Å². The van der Waals surface area contributed by atoms with Crippen LogP contribution in [-0.2, 0) is 22.3 Å². The minimum atomic E-state index is -1.41. The van der Waals surface area contributed by atoms with E-state index in [-0.39, 0.29) is 0 Å². The molecule has 4 rings (SSSR count). The highest BCUT2D eigenvalue weighted by Gasteiger charge is 2.42. The Morgan fingerprint density at radius 1 is 1.29 bits per heavy atom. The van der Waals surface area contributed by atoms with E-state index in [1.165, 1.54) is 11.3 Å². The van der Waals surface area contributed by atoms with Crippen LogP contribution in [0.25, 0.3) is 0 Å². The number of carbonyl (C=O) groups is 1. The number of ether oxygens (including phenoxy) is 1. The van der Waals surface area contributed by atoms with Crippen molar-refractivity contribution < 1.29 is 18.8 Å². The molecule has 204 valence electrons. The molecular weight excluding hydrogens is 522 g/mol. The number of aryl methyl sites for hydroxylation is 1. The molecule has 0 saturated carbocycles. The lowest BCUT2D eigenvalue weighted by Gasteiger charge is -2.32. The van der Waals surface area contributed by atoms with Gasteiger partial charge in [0.15, 0.2) is 0 Å². The Labute approximate surface area is 230 Å². The number of anilines is 2. The number of para-hydroxylation sites is 1. The van der Waals surface area contributed by atoms with Crippen LogP contribution in [0.2, 0.25) is 0 Å². The van der Waals surface area contributed by atoms with Crippen LogP contribution in [0.15, 0.2) is 41.3 Å². The first-order valence-corrected chi connectivity index (χ1v) is 14.4. The smallest absolute Gasteiger partial charge is 0.310 e. The molecule has 0 fully saturated rings. The summed E-state index contributed by atoms with van der Waals surface area (Å²) in [5.74, 6) is 5.25. The average Bonchev–Trinajstić information content (AvgIpc) is 3.15. The average molecular weight is 558 g/mol. The van der Waals surface area contributed by atoms with Crippen LogP contribution < -0.4 is 21.3 Å². The molecule has 38 heavy (non-hydrogen) atoms. The maximum absolute atomic E-state index is 13.4. The van der Waals surface area contributed by atoms with Gasteiger partial charge in [-0.05, 0) is 63.9 Å². The molecule has 1 aliphatic heterocycles. The normalized spacial score (nSPS) is 16.8. The second-order valence-corrected chi connectivity index (χ2v) is 12.6. The lowest BCUT2D eigenvalue weighted by Crippen LogP contribution is -2.34. The van der Waals surface area contributed by atoms with Crippen LogP contribution in [0, 0.1) is 19.3 Å². The van der Waals surface area contributed by atoms with Gasteiger partial charge in [-0.25, -0.2) is 19.3 Å². The van der Waals surface area contributed by atoms with Crippen molar-refractivity contribution in [2.75, 3.05) is 30.4 Å². The van der Waals surface area contributed by atoms with Gasteiger partial charge in [-0.15, -0.1) is 11.3 Å². The van der Waals surface area contributed by atoms with Gasteiger partial charge in [0.05, 0.1) is 39.8 Å². The van der Waals surface area contributed by atoms with Crippen molar-refractivity contribution in [1.29, 1.82) is 0 Å². The second kappa shape index (κ2) is 11.0. The summed E-state index contributed by atoms with van der Waals surface area (Å²) in [5.41, 5.74) is 8.87. The summed E-state index contributed by atoms with van der Waals surface area (Å²) in [6.07, 6.45) is 0. The van der Waals surface area contributed by atoms with Crippen molar-refractivity contribution in [3.8, 4) is 5.75 Å². The Morgan fingerprint density at radius 2 is 2.00 bits per heavy atom. The van der Waals surface area contributed by atoms with Crippen LogP contribution >= 0.6 is 11.3 Å². The van der Waals surface area contributed by atoms with Gasteiger partial charge in [-0.1, -0.05) is 18.2 Å². The zero-order valence-corrected chi connectivity index (χ0v) is 24.0. The number of nitrogens with zero attached hydrogens (tertiary/aromatic N) is 3. The van der Waals surface area contributed by atoms with E-state index in [2.05, 4.69) is 0 Å². The number of thiazole rings is 1. The first-order chi connectivity index (χ1) is 18.0. The van der Waals surface area contributed by atoms with Gasteiger partial charge in [-0.2, -0.15) is 0 Å². The second-order valence-electron chi connectivity index (χ2n) is 9.92. The van der Waals surface area contributed by atoms with Gasteiger partial charge < -0.3 is 20.6 Å². The number of aromatic nitrogens is 1. The fourth-order valence-electron chi connectivity index (χ4n) is 4.64. The maximum atomic E-state index is 13.4. The summed E-state index contributed by atoms with van der Waals surface area (Å²) in [4.78, 5) is 19.0. The molecule has 0 bridgehead atoms. The van der Waals surface area contributed by atoms with Crippen LogP contribution in [0.4, 0.5) is 11.4 Å². The Hall–Kier alpha value is -2.99. The Balaban J connectivity index is 1.74. The zero-order chi connectivity index (χ0) is 27.8. The summed E-state index contributed by atoms with van der Waals surface area (Å²) in [7, 11) is -1.41. The van der Waals surface area contributed by atoms with Crippen molar-refractivity contribution in [2.45, 2.75) is 52.0 Å². The van der Waals surface area contributed by atoms with Crippen LogP contribution in [-0.4, -0.2) is 44.3 Å². The van der Waals surface area contributed by atoms with E-state index in [0.29, 0.717) is 53.3 Å². The maximum Gasteiger partial charge on any atom is 0.310 e. The highest BCUT2D eigenvalue weighted by molar-refractivity contribution is 7.82. The molecule has 2 heterocycles. The summed E-state index contributed by atoms with van der Waals surface area (Å²) in [5, 5.41) is 12.5. The van der Waals surface area contributed by atoms with Crippen molar-refractivity contribution in [1.82, 2.24) is 9.29 Å². The number of carboxylic acid groups (broad SMARTS) is 1. The lowest BCUT2D eigenvalue weighted by molar-refractivity contribution is -0.147. The van der Waals surface area contributed by atoms with Crippen LogP contribution in [0.1, 0.15) is 53.4 Å². The van der Waals surface area contributed by atoms with Gasteiger partial charge in [0.2, 0.25) is 0 Å². The molecule has 5 N–H and O–H groups in total. The number of fused-ring (bicyclic) bond motifs is 1. The Bertz CT molecular complexity index is 1370. The molecule has 2 aromatic carbocycles. The number of benzene rings is 2. The molecule has 0 radical (unpaired) electrons. The van der Waals surface area contributed by atoms with E-state index in [9.17, 15) is 14.1 Å². The van der Waals surface area contributed by atoms with Crippen molar-refractivity contribution in [3.63, 3.8) is 0 Å². The van der Waals surface area contributed by atoms with E-state index >= 15 is 0 Å². The molecule has 11 heteroatoms. The standard InChI is InChI=1S/C27H35N5O4S2/c1-6-32(29)20-12-11-18(16(2)24(20)28)23(27(4,5)26(33)34)25-30-19(17(3)37-25)15-31-13-14-36-21-9-7-8-10-22(21)38(31)35/h7-12,23H,6,13-15,28-29H2,1-5H3,(H,33,34). The molecule has 0 aliphatic carbocycles. The summed E-state index contributed by atoms with van der Waals surface area (Å²) < 4.78 is 21.0. The highest BCUT2D eigenvalue weighted by atomic mass is 32.2. The minimum absolute atomic E-state index is 0.353.